The van der Waals surface area contributed by atoms with Gasteiger partial charge in [0.25, 0.3) is 5.91 Å². The van der Waals surface area contributed by atoms with Crippen molar-refractivity contribution in [2.75, 3.05) is 13.1 Å². The van der Waals surface area contributed by atoms with Gasteiger partial charge in [-0.15, -0.1) is 0 Å². The number of aryl methyl sites for hydroxylation is 1. The number of carbonyl (C=O) groups excluding carboxylic acids is 1. The number of pyridine rings is 1. The summed E-state index contributed by atoms with van der Waals surface area (Å²) in [5.74, 6) is 0.660. The molecule has 0 radical (unpaired) electrons. The Hall–Kier alpha value is -2.16. The quantitative estimate of drug-likeness (QED) is 0.833. The Kier molecular flexibility index (Phi) is 4.94. The zero-order chi connectivity index (χ0) is 18.0. The van der Waals surface area contributed by atoms with Gasteiger partial charge in [-0.05, 0) is 60.4 Å². The molecular formula is C22H28N2O. The molecule has 3 heteroatoms. The summed E-state index contributed by atoms with van der Waals surface area (Å²) < 4.78 is 0. The molecule has 0 saturated carbocycles. The maximum atomic E-state index is 12.8. The van der Waals surface area contributed by atoms with E-state index in [1.54, 1.807) is 0 Å². The van der Waals surface area contributed by atoms with E-state index in [9.17, 15) is 4.79 Å². The van der Waals surface area contributed by atoms with Gasteiger partial charge in [-0.25, -0.2) is 0 Å². The van der Waals surface area contributed by atoms with Crippen LogP contribution in [0.5, 0.6) is 0 Å². The van der Waals surface area contributed by atoms with Crippen molar-refractivity contribution in [1.29, 1.82) is 0 Å². The molecule has 1 fully saturated rings. The van der Waals surface area contributed by atoms with Crippen LogP contribution in [0, 0.1) is 12.8 Å². The predicted molar refractivity (Wildman–Crippen MR) is 102 cm³/mol. The second kappa shape index (κ2) is 6.99. The van der Waals surface area contributed by atoms with Gasteiger partial charge in [-0.2, -0.15) is 0 Å². The fourth-order valence-corrected chi connectivity index (χ4v) is 3.39. The van der Waals surface area contributed by atoms with Crippen LogP contribution in [-0.4, -0.2) is 28.9 Å². The van der Waals surface area contributed by atoms with Gasteiger partial charge in [0.1, 0.15) is 0 Å². The first-order valence-electron chi connectivity index (χ1n) is 9.14. The summed E-state index contributed by atoms with van der Waals surface area (Å²) >= 11 is 0. The Labute approximate surface area is 151 Å². The normalized spacial score (nSPS) is 17.8. The van der Waals surface area contributed by atoms with Gasteiger partial charge >= 0.3 is 0 Å². The van der Waals surface area contributed by atoms with E-state index in [1.165, 1.54) is 11.1 Å². The van der Waals surface area contributed by atoms with E-state index in [0.717, 1.165) is 37.2 Å². The number of benzene rings is 1. The van der Waals surface area contributed by atoms with Crippen LogP contribution in [0.4, 0.5) is 0 Å². The van der Waals surface area contributed by atoms with Crippen LogP contribution < -0.4 is 0 Å². The summed E-state index contributed by atoms with van der Waals surface area (Å²) in [5.41, 5.74) is 4.47. The lowest BCUT2D eigenvalue weighted by molar-refractivity contribution is 0.0787. The number of rotatable bonds is 3. The molecule has 1 aromatic carbocycles. The first-order chi connectivity index (χ1) is 11.8. The molecule has 1 saturated heterocycles. The molecule has 0 aliphatic carbocycles. The van der Waals surface area contributed by atoms with Crippen LogP contribution in [-0.2, 0) is 11.8 Å². The number of amides is 1. The molecule has 1 unspecified atom stereocenters. The molecular weight excluding hydrogens is 308 g/mol. The first-order valence-corrected chi connectivity index (χ1v) is 9.14. The second-order valence-corrected chi connectivity index (χ2v) is 8.26. The molecule has 1 amide bonds. The zero-order valence-corrected chi connectivity index (χ0v) is 15.7. The minimum atomic E-state index is 0.112. The minimum absolute atomic E-state index is 0.112. The van der Waals surface area contributed by atoms with Crippen LogP contribution in [0.3, 0.4) is 0 Å². The first kappa shape index (κ1) is 17.7. The fraction of sp³-hybridized carbons (Fsp3) is 0.455. The van der Waals surface area contributed by atoms with Gasteiger partial charge in [0.05, 0.1) is 0 Å². The van der Waals surface area contributed by atoms with Crippen LogP contribution >= 0.6 is 0 Å². The molecule has 2 heterocycles. The van der Waals surface area contributed by atoms with Gasteiger partial charge < -0.3 is 4.90 Å². The summed E-state index contributed by atoms with van der Waals surface area (Å²) in [5, 5.41) is 0. The van der Waals surface area contributed by atoms with Crippen LogP contribution in [0.25, 0.3) is 0 Å². The lowest BCUT2D eigenvalue weighted by atomic mass is 9.86. The highest BCUT2D eigenvalue weighted by atomic mass is 16.2. The average molecular weight is 336 g/mol. The molecule has 3 nitrogen and oxygen atoms in total. The van der Waals surface area contributed by atoms with Gasteiger partial charge in [-0.1, -0.05) is 39.0 Å². The molecule has 0 spiro atoms. The summed E-state index contributed by atoms with van der Waals surface area (Å²) in [6.45, 7) is 10.3. The van der Waals surface area contributed by atoms with Gasteiger partial charge in [0.15, 0.2) is 0 Å². The lowest BCUT2D eigenvalue weighted by Gasteiger charge is -2.20. The van der Waals surface area contributed by atoms with E-state index in [4.69, 9.17) is 0 Å². The molecule has 1 aromatic heterocycles. The van der Waals surface area contributed by atoms with Crippen molar-refractivity contribution < 1.29 is 4.79 Å². The highest BCUT2D eigenvalue weighted by Gasteiger charge is 2.27. The number of aromatic nitrogens is 1. The van der Waals surface area contributed by atoms with Crippen LogP contribution in [0.15, 0.2) is 42.6 Å². The second-order valence-electron chi connectivity index (χ2n) is 8.26. The SMILES string of the molecule is Cc1ccc(CC2CCN(C(=O)c3ccc(C(C)(C)C)cc3)C2)nc1. The minimum Gasteiger partial charge on any atom is -0.338 e. The molecule has 25 heavy (non-hydrogen) atoms. The van der Waals surface area contributed by atoms with E-state index in [0.29, 0.717) is 5.92 Å². The summed E-state index contributed by atoms with van der Waals surface area (Å²) in [4.78, 5) is 19.3. The van der Waals surface area contributed by atoms with Crippen molar-refractivity contribution in [1.82, 2.24) is 9.88 Å². The Morgan fingerprint density at radius 2 is 1.88 bits per heavy atom. The third kappa shape index (κ3) is 4.28. The van der Waals surface area contributed by atoms with Crippen molar-refractivity contribution in [2.45, 2.75) is 46.0 Å². The number of nitrogens with zero attached hydrogens (tertiary/aromatic N) is 2. The molecule has 0 N–H and O–H groups in total. The molecule has 0 bridgehead atoms. The summed E-state index contributed by atoms with van der Waals surface area (Å²) in [6, 6.07) is 12.3. The average Bonchev–Trinajstić information content (AvgIpc) is 3.04. The highest BCUT2D eigenvalue weighted by Crippen LogP contribution is 2.25. The van der Waals surface area contributed by atoms with Crippen LogP contribution in [0.2, 0.25) is 0 Å². The molecule has 1 aliphatic heterocycles. The summed E-state index contributed by atoms with van der Waals surface area (Å²) in [6.07, 6.45) is 3.93. The Balaban J connectivity index is 1.61. The molecule has 1 atom stereocenters. The molecule has 3 rings (SSSR count). The molecule has 132 valence electrons. The predicted octanol–water partition coefficient (Wildman–Crippen LogP) is 4.39. The topological polar surface area (TPSA) is 33.2 Å². The fourth-order valence-electron chi connectivity index (χ4n) is 3.39. The van der Waals surface area contributed by atoms with Crippen molar-refractivity contribution >= 4 is 5.91 Å². The summed E-state index contributed by atoms with van der Waals surface area (Å²) in [7, 11) is 0. The van der Waals surface area contributed by atoms with Crippen molar-refractivity contribution in [3.05, 3.63) is 65.0 Å². The smallest absolute Gasteiger partial charge is 0.253 e. The maximum absolute atomic E-state index is 12.8. The zero-order valence-electron chi connectivity index (χ0n) is 15.7. The third-order valence-corrected chi connectivity index (χ3v) is 5.04. The number of likely N-dealkylation sites (tertiary alicyclic amines) is 1. The van der Waals surface area contributed by atoms with Gasteiger partial charge in [-0.3, -0.25) is 9.78 Å². The van der Waals surface area contributed by atoms with E-state index in [-0.39, 0.29) is 11.3 Å². The Morgan fingerprint density at radius 1 is 1.16 bits per heavy atom. The molecule has 2 aromatic rings. The lowest BCUT2D eigenvalue weighted by Crippen LogP contribution is -2.29. The van der Waals surface area contributed by atoms with E-state index in [1.807, 2.05) is 23.2 Å². The van der Waals surface area contributed by atoms with Crippen molar-refractivity contribution in [2.24, 2.45) is 5.92 Å². The van der Waals surface area contributed by atoms with Gasteiger partial charge in [0, 0.05) is 30.5 Å². The highest BCUT2D eigenvalue weighted by molar-refractivity contribution is 5.94. The monoisotopic (exact) mass is 336 g/mol. The van der Waals surface area contributed by atoms with Crippen LogP contribution in [0.1, 0.15) is 54.4 Å². The number of hydrogen-bond acceptors (Lipinski definition) is 2. The third-order valence-electron chi connectivity index (χ3n) is 5.04. The number of hydrogen-bond donors (Lipinski definition) is 0. The largest absolute Gasteiger partial charge is 0.338 e. The Morgan fingerprint density at radius 3 is 2.48 bits per heavy atom. The van der Waals surface area contributed by atoms with E-state index >= 15 is 0 Å². The van der Waals surface area contributed by atoms with Crippen molar-refractivity contribution in [3.8, 4) is 0 Å². The van der Waals surface area contributed by atoms with E-state index < -0.39 is 0 Å². The standard InChI is InChI=1S/C22H28N2O/c1-16-5-10-20(23-14-16)13-17-11-12-24(15-17)21(25)18-6-8-19(9-7-18)22(2,3)4/h5-10,14,17H,11-13,15H2,1-4H3. The van der Waals surface area contributed by atoms with E-state index in [2.05, 4.69) is 56.9 Å². The maximum Gasteiger partial charge on any atom is 0.253 e. The van der Waals surface area contributed by atoms with Gasteiger partial charge in [0.2, 0.25) is 0 Å². The number of carbonyl (C=O) groups is 1. The van der Waals surface area contributed by atoms with Crippen molar-refractivity contribution in [3.63, 3.8) is 0 Å². The molecule has 1 aliphatic rings. The Bertz CT molecular complexity index is 726.